The van der Waals surface area contributed by atoms with E-state index in [0.29, 0.717) is 13.2 Å². The number of carboxylic acid groups (broad SMARTS) is 1. The van der Waals surface area contributed by atoms with Crippen molar-refractivity contribution in [3.63, 3.8) is 0 Å². The lowest BCUT2D eigenvalue weighted by atomic mass is 9.67. The first-order valence-electron chi connectivity index (χ1n) is 6.56. The molecular weight excluding hydrogens is 220 g/mol. The Kier molecular flexibility index (Phi) is 3.73. The van der Waals surface area contributed by atoms with Crippen LogP contribution in [0.4, 0.5) is 0 Å². The topological polar surface area (TPSA) is 55.8 Å². The van der Waals surface area contributed by atoms with Gasteiger partial charge in [0.2, 0.25) is 0 Å². The molecule has 4 heteroatoms. The summed E-state index contributed by atoms with van der Waals surface area (Å²) in [6, 6.07) is 0. The summed E-state index contributed by atoms with van der Waals surface area (Å²) in [4.78, 5) is 11.9. The average molecular weight is 242 g/mol. The Balaban J connectivity index is 2.33. The third-order valence-corrected chi connectivity index (χ3v) is 4.25. The molecule has 0 aromatic carbocycles. The van der Waals surface area contributed by atoms with Gasteiger partial charge in [0.15, 0.2) is 0 Å². The summed E-state index contributed by atoms with van der Waals surface area (Å²) in [5.74, 6) is -0.738. The Labute approximate surface area is 102 Å². The second kappa shape index (κ2) is 4.94. The monoisotopic (exact) mass is 242 g/mol. The van der Waals surface area contributed by atoms with Crippen LogP contribution in [0.3, 0.4) is 0 Å². The first-order chi connectivity index (χ1) is 8.10. The molecule has 2 atom stereocenters. The van der Waals surface area contributed by atoms with Crippen molar-refractivity contribution >= 4 is 5.97 Å². The highest BCUT2D eigenvalue weighted by Crippen LogP contribution is 2.45. The molecule has 2 saturated heterocycles. The maximum absolute atomic E-state index is 11.9. The molecule has 0 bridgehead atoms. The van der Waals surface area contributed by atoms with E-state index in [2.05, 4.69) is 0 Å². The van der Waals surface area contributed by atoms with E-state index in [1.54, 1.807) is 0 Å². The third-order valence-electron chi connectivity index (χ3n) is 4.25. The van der Waals surface area contributed by atoms with Gasteiger partial charge < -0.3 is 14.6 Å². The average Bonchev–Trinajstić information content (AvgIpc) is 2.88. The predicted octanol–water partition coefficient (Wildman–Crippen LogP) is 2.07. The van der Waals surface area contributed by atoms with Gasteiger partial charge in [0.05, 0.1) is 12.2 Å². The van der Waals surface area contributed by atoms with Crippen molar-refractivity contribution in [2.75, 3.05) is 13.2 Å². The minimum atomic E-state index is -0.868. The SMILES string of the molecule is CC(C)C(C(=O)O)(C1CCCO1)C1CCCO1. The van der Waals surface area contributed by atoms with E-state index in [-0.39, 0.29) is 18.1 Å². The molecule has 0 aromatic rings. The fourth-order valence-corrected chi connectivity index (χ4v) is 3.38. The zero-order valence-electron chi connectivity index (χ0n) is 10.6. The first kappa shape index (κ1) is 12.8. The fraction of sp³-hybridized carbons (Fsp3) is 0.923. The highest BCUT2D eigenvalue weighted by molar-refractivity contribution is 5.77. The quantitative estimate of drug-likeness (QED) is 0.820. The second-order valence-corrected chi connectivity index (χ2v) is 5.40. The summed E-state index contributed by atoms with van der Waals surface area (Å²) >= 11 is 0. The number of carbonyl (C=O) groups is 1. The minimum Gasteiger partial charge on any atom is -0.481 e. The molecule has 2 aliphatic rings. The number of ether oxygens (including phenoxy) is 2. The van der Waals surface area contributed by atoms with Gasteiger partial charge in [-0.1, -0.05) is 13.8 Å². The molecule has 0 saturated carbocycles. The molecule has 2 heterocycles. The summed E-state index contributed by atoms with van der Waals surface area (Å²) in [6.45, 7) is 5.30. The Bertz CT molecular complexity index is 259. The molecule has 4 nitrogen and oxygen atoms in total. The molecule has 2 aliphatic heterocycles. The van der Waals surface area contributed by atoms with Crippen LogP contribution in [0.2, 0.25) is 0 Å². The zero-order chi connectivity index (χ0) is 12.5. The van der Waals surface area contributed by atoms with Crippen molar-refractivity contribution < 1.29 is 19.4 Å². The van der Waals surface area contributed by atoms with Crippen LogP contribution < -0.4 is 0 Å². The standard InChI is InChI=1S/C13H22O4/c1-9(2)13(12(14)15,10-5-3-7-16-10)11-6-4-8-17-11/h9-11H,3-8H2,1-2H3,(H,14,15). The number of aliphatic carboxylic acids is 1. The van der Waals surface area contributed by atoms with Gasteiger partial charge in [-0.3, -0.25) is 4.79 Å². The van der Waals surface area contributed by atoms with E-state index >= 15 is 0 Å². The van der Waals surface area contributed by atoms with Crippen molar-refractivity contribution in [3.05, 3.63) is 0 Å². The van der Waals surface area contributed by atoms with Gasteiger partial charge in [0.1, 0.15) is 5.41 Å². The van der Waals surface area contributed by atoms with E-state index < -0.39 is 11.4 Å². The summed E-state index contributed by atoms with van der Waals surface area (Å²) in [5.41, 5.74) is -0.868. The predicted molar refractivity (Wildman–Crippen MR) is 62.9 cm³/mol. The lowest BCUT2D eigenvalue weighted by Gasteiger charge is -2.41. The lowest BCUT2D eigenvalue weighted by Crippen LogP contribution is -2.54. The molecule has 2 unspecified atom stereocenters. The van der Waals surface area contributed by atoms with Crippen molar-refractivity contribution in [2.24, 2.45) is 11.3 Å². The largest absolute Gasteiger partial charge is 0.481 e. The normalized spacial score (nSPS) is 32.9. The van der Waals surface area contributed by atoms with Crippen LogP contribution in [-0.4, -0.2) is 36.5 Å². The maximum Gasteiger partial charge on any atom is 0.315 e. The third kappa shape index (κ3) is 1.97. The van der Waals surface area contributed by atoms with Gasteiger partial charge in [0.25, 0.3) is 0 Å². The fourth-order valence-electron chi connectivity index (χ4n) is 3.38. The van der Waals surface area contributed by atoms with Crippen LogP contribution in [0.25, 0.3) is 0 Å². The Morgan fingerprint density at radius 2 is 1.65 bits per heavy atom. The number of rotatable bonds is 4. The van der Waals surface area contributed by atoms with Crippen LogP contribution in [0.5, 0.6) is 0 Å². The van der Waals surface area contributed by atoms with Crippen molar-refractivity contribution in [3.8, 4) is 0 Å². The Morgan fingerprint density at radius 3 is 1.88 bits per heavy atom. The molecule has 17 heavy (non-hydrogen) atoms. The highest BCUT2D eigenvalue weighted by Gasteiger charge is 2.57. The van der Waals surface area contributed by atoms with Crippen LogP contribution in [0.15, 0.2) is 0 Å². The summed E-state index contributed by atoms with van der Waals surface area (Å²) < 4.78 is 11.4. The molecule has 0 aliphatic carbocycles. The smallest absolute Gasteiger partial charge is 0.315 e. The molecule has 2 fully saturated rings. The van der Waals surface area contributed by atoms with E-state index in [1.807, 2.05) is 13.8 Å². The molecule has 0 amide bonds. The van der Waals surface area contributed by atoms with Crippen LogP contribution in [0, 0.1) is 11.3 Å². The minimum absolute atomic E-state index is 0.0196. The van der Waals surface area contributed by atoms with E-state index in [4.69, 9.17) is 9.47 Å². The number of carboxylic acids is 1. The molecule has 0 radical (unpaired) electrons. The van der Waals surface area contributed by atoms with E-state index in [0.717, 1.165) is 25.7 Å². The van der Waals surface area contributed by atoms with Crippen LogP contribution in [-0.2, 0) is 14.3 Å². The van der Waals surface area contributed by atoms with Gasteiger partial charge in [-0.25, -0.2) is 0 Å². The van der Waals surface area contributed by atoms with E-state index in [1.165, 1.54) is 0 Å². The molecule has 2 rings (SSSR count). The van der Waals surface area contributed by atoms with Gasteiger partial charge in [-0.15, -0.1) is 0 Å². The van der Waals surface area contributed by atoms with E-state index in [9.17, 15) is 9.90 Å². The summed E-state index contributed by atoms with van der Waals surface area (Å²) in [5, 5.41) is 9.76. The summed E-state index contributed by atoms with van der Waals surface area (Å²) in [7, 11) is 0. The number of hydrogen-bond acceptors (Lipinski definition) is 3. The maximum atomic E-state index is 11.9. The molecule has 1 N–H and O–H groups in total. The first-order valence-corrected chi connectivity index (χ1v) is 6.56. The number of hydrogen-bond donors (Lipinski definition) is 1. The Hall–Kier alpha value is -0.610. The van der Waals surface area contributed by atoms with Crippen LogP contribution in [0.1, 0.15) is 39.5 Å². The second-order valence-electron chi connectivity index (χ2n) is 5.40. The van der Waals surface area contributed by atoms with Crippen LogP contribution >= 0.6 is 0 Å². The van der Waals surface area contributed by atoms with Gasteiger partial charge in [0, 0.05) is 13.2 Å². The Morgan fingerprint density at radius 1 is 1.18 bits per heavy atom. The van der Waals surface area contributed by atoms with Gasteiger partial charge in [-0.05, 0) is 31.6 Å². The van der Waals surface area contributed by atoms with Gasteiger partial charge >= 0.3 is 5.97 Å². The zero-order valence-corrected chi connectivity index (χ0v) is 10.6. The molecule has 0 spiro atoms. The molecule has 98 valence electrons. The van der Waals surface area contributed by atoms with Crippen molar-refractivity contribution in [1.29, 1.82) is 0 Å². The summed E-state index contributed by atoms with van der Waals surface area (Å²) in [6.07, 6.45) is 3.21. The van der Waals surface area contributed by atoms with Gasteiger partial charge in [-0.2, -0.15) is 0 Å². The molecule has 0 aromatic heterocycles. The molecular formula is C13H22O4. The highest BCUT2D eigenvalue weighted by atomic mass is 16.5. The van der Waals surface area contributed by atoms with Crippen molar-refractivity contribution in [1.82, 2.24) is 0 Å². The lowest BCUT2D eigenvalue weighted by molar-refractivity contribution is -0.179. The van der Waals surface area contributed by atoms with Crippen molar-refractivity contribution in [2.45, 2.75) is 51.7 Å².